The van der Waals surface area contributed by atoms with Gasteiger partial charge < -0.3 is 24.1 Å². The Kier molecular flexibility index (Phi) is 7.96. The third-order valence-electron chi connectivity index (χ3n) is 5.13. The van der Waals surface area contributed by atoms with Gasteiger partial charge in [0.15, 0.2) is 32.8 Å². The standard InChI is InChI=1S/C25H25ClO7S/c1-30-22-13-16(14-23(31-2)25(22)33-4)5-6-17-7-12-21(27)24(32-3)20(17)15-34(28,29)19-10-8-18(26)9-11-19/h5-14,27H,15H2,1-4H3/b6-5-. The van der Waals surface area contributed by atoms with E-state index in [0.717, 1.165) is 5.56 Å². The second-order valence-electron chi connectivity index (χ2n) is 7.19. The smallest absolute Gasteiger partial charge is 0.203 e. The van der Waals surface area contributed by atoms with Crippen LogP contribution in [0.1, 0.15) is 16.7 Å². The Morgan fingerprint density at radius 1 is 0.824 bits per heavy atom. The molecule has 0 atom stereocenters. The second-order valence-corrected chi connectivity index (χ2v) is 9.62. The zero-order chi connectivity index (χ0) is 24.9. The van der Waals surface area contributed by atoms with Crippen molar-refractivity contribution < 1.29 is 32.5 Å². The summed E-state index contributed by atoms with van der Waals surface area (Å²) in [6.45, 7) is 0. The molecule has 34 heavy (non-hydrogen) atoms. The molecule has 0 aliphatic carbocycles. The van der Waals surface area contributed by atoms with E-state index in [-0.39, 0.29) is 22.1 Å². The van der Waals surface area contributed by atoms with Crippen LogP contribution in [0.3, 0.4) is 0 Å². The number of benzene rings is 3. The lowest BCUT2D eigenvalue weighted by Gasteiger charge is -2.15. The molecule has 180 valence electrons. The summed E-state index contributed by atoms with van der Waals surface area (Å²) in [4.78, 5) is 0.113. The van der Waals surface area contributed by atoms with Gasteiger partial charge >= 0.3 is 0 Å². The normalized spacial score (nSPS) is 11.4. The molecule has 0 spiro atoms. The Morgan fingerprint density at radius 3 is 1.94 bits per heavy atom. The van der Waals surface area contributed by atoms with Crippen LogP contribution in [0.4, 0.5) is 0 Å². The summed E-state index contributed by atoms with van der Waals surface area (Å²) < 4.78 is 47.7. The largest absolute Gasteiger partial charge is 0.504 e. The number of aromatic hydroxyl groups is 1. The van der Waals surface area contributed by atoms with Crippen molar-refractivity contribution >= 4 is 33.6 Å². The van der Waals surface area contributed by atoms with Crippen LogP contribution >= 0.6 is 11.6 Å². The van der Waals surface area contributed by atoms with E-state index in [1.807, 2.05) is 0 Å². The van der Waals surface area contributed by atoms with Crippen molar-refractivity contribution in [2.45, 2.75) is 10.6 Å². The molecule has 0 aliphatic rings. The van der Waals surface area contributed by atoms with Crippen molar-refractivity contribution in [2.24, 2.45) is 0 Å². The predicted molar refractivity (Wildman–Crippen MR) is 132 cm³/mol. The van der Waals surface area contributed by atoms with Crippen LogP contribution in [-0.2, 0) is 15.6 Å². The van der Waals surface area contributed by atoms with E-state index in [2.05, 4.69) is 0 Å². The minimum Gasteiger partial charge on any atom is -0.504 e. The molecule has 0 aromatic heterocycles. The Bertz CT molecular complexity index is 1270. The van der Waals surface area contributed by atoms with Crippen molar-refractivity contribution in [3.05, 3.63) is 70.2 Å². The molecule has 0 saturated heterocycles. The van der Waals surface area contributed by atoms with Gasteiger partial charge in [0, 0.05) is 10.6 Å². The van der Waals surface area contributed by atoms with E-state index in [4.69, 9.17) is 30.5 Å². The topological polar surface area (TPSA) is 91.3 Å². The summed E-state index contributed by atoms with van der Waals surface area (Å²) >= 11 is 5.89. The molecule has 3 aromatic carbocycles. The summed E-state index contributed by atoms with van der Waals surface area (Å²) in [5.41, 5.74) is 1.61. The van der Waals surface area contributed by atoms with Crippen LogP contribution in [0.15, 0.2) is 53.4 Å². The lowest BCUT2D eigenvalue weighted by molar-refractivity contribution is 0.324. The minimum absolute atomic E-state index is 0.0876. The van der Waals surface area contributed by atoms with Gasteiger partial charge in [-0.3, -0.25) is 0 Å². The maximum absolute atomic E-state index is 13.1. The van der Waals surface area contributed by atoms with Gasteiger partial charge in [-0.25, -0.2) is 8.42 Å². The summed E-state index contributed by atoms with van der Waals surface area (Å²) in [5.74, 6) is 0.966. The first kappa shape index (κ1) is 25.3. The number of sulfone groups is 1. The van der Waals surface area contributed by atoms with Gasteiger partial charge in [0.25, 0.3) is 0 Å². The highest BCUT2D eigenvalue weighted by molar-refractivity contribution is 7.90. The molecular formula is C25H25ClO7S. The van der Waals surface area contributed by atoms with E-state index in [1.54, 1.807) is 30.4 Å². The van der Waals surface area contributed by atoms with E-state index < -0.39 is 9.84 Å². The molecule has 7 nitrogen and oxygen atoms in total. The first-order valence-corrected chi connectivity index (χ1v) is 12.1. The molecule has 9 heteroatoms. The van der Waals surface area contributed by atoms with E-state index in [0.29, 0.717) is 33.4 Å². The van der Waals surface area contributed by atoms with Crippen LogP contribution in [0.5, 0.6) is 28.7 Å². The molecule has 0 unspecified atom stereocenters. The quantitative estimate of drug-likeness (QED) is 0.399. The van der Waals surface area contributed by atoms with Crippen LogP contribution in [0.25, 0.3) is 12.2 Å². The average molecular weight is 505 g/mol. The molecule has 0 aliphatic heterocycles. The van der Waals surface area contributed by atoms with Crippen LogP contribution in [0, 0.1) is 0 Å². The van der Waals surface area contributed by atoms with Gasteiger partial charge in [0.2, 0.25) is 5.75 Å². The third kappa shape index (κ3) is 5.40. The Labute approximate surface area is 204 Å². The number of hydrogen-bond donors (Lipinski definition) is 1. The van der Waals surface area contributed by atoms with Crippen molar-refractivity contribution in [3.63, 3.8) is 0 Å². The van der Waals surface area contributed by atoms with Crippen molar-refractivity contribution in [3.8, 4) is 28.7 Å². The predicted octanol–water partition coefficient (Wildman–Crippen LogP) is 5.22. The summed E-state index contributed by atoms with van der Waals surface area (Å²) in [6, 6.07) is 12.5. The van der Waals surface area contributed by atoms with Gasteiger partial charge in [-0.1, -0.05) is 29.8 Å². The first-order valence-electron chi connectivity index (χ1n) is 10.1. The van der Waals surface area contributed by atoms with Crippen molar-refractivity contribution in [1.29, 1.82) is 0 Å². The number of phenols is 1. The zero-order valence-corrected chi connectivity index (χ0v) is 20.7. The summed E-state index contributed by atoms with van der Waals surface area (Å²) in [5, 5.41) is 10.7. The molecule has 0 heterocycles. The summed E-state index contributed by atoms with van der Waals surface area (Å²) in [7, 11) is 2.19. The minimum atomic E-state index is -3.76. The van der Waals surface area contributed by atoms with E-state index in [9.17, 15) is 13.5 Å². The summed E-state index contributed by atoms with van der Waals surface area (Å²) in [6.07, 6.45) is 3.50. The molecule has 3 rings (SSSR count). The number of halogens is 1. The van der Waals surface area contributed by atoms with Crippen molar-refractivity contribution in [2.75, 3.05) is 28.4 Å². The highest BCUT2D eigenvalue weighted by Gasteiger charge is 2.22. The molecule has 0 saturated carbocycles. The maximum Gasteiger partial charge on any atom is 0.203 e. The number of rotatable bonds is 9. The number of ether oxygens (including phenoxy) is 4. The van der Waals surface area contributed by atoms with Crippen LogP contribution in [-0.4, -0.2) is 42.0 Å². The van der Waals surface area contributed by atoms with Crippen molar-refractivity contribution in [1.82, 2.24) is 0 Å². The number of methoxy groups -OCH3 is 4. The molecule has 0 amide bonds. The molecule has 1 N–H and O–H groups in total. The SMILES string of the molecule is COc1cc(/C=C\c2ccc(O)c(OC)c2CS(=O)(=O)c2ccc(Cl)cc2)cc(OC)c1OC. The fourth-order valence-corrected chi connectivity index (χ4v) is 4.98. The average Bonchev–Trinajstić information content (AvgIpc) is 2.83. The Hall–Kier alpha value is -3.36. The fourth-order valence-electron chi connectivity index (χ4n) is 3.46. The number of hydrogen-bond acceptors (Lipinski definition) is 7. The van der Waals surface area contributed by atoms with E-state index >= 15 is 0 Å². The Morgan fingerprint density at radius 2 is 1.41 bits per heavy atom. The number of phenolic OH excluding ortho intramolecular Hbond substituents is 1. The molecule has 3 aromatic rings. The molecule has 0 fully saturated rings. The van der Waals surface area contributed by atoms with Crippen LogP contribution in [0.2, 0.25) is 5.02 Å². The second kappa shape index (κ2) is 10.7. The van der Waals surface area contributed by atoms with Crippen LogP contribution < -0.4 is 18.9 Å². The lowest BCUT2D eigenvalue weighted by atomic mass is 10.0. The lowest BCUT2D eigenvalue weighted by Crippen LogP contribution is -2.08. The molecule has 0 bridgehead atoms. The van der Waals surface area contributed by atoms with Gasteiger partial charge in [-0.05, 0) is 53.6 Å². The molecule has 0 radical (unpaired) electrons. The highest BCUT2D eigenvalue weighted by Crippen LogP contribution is 2.39. The highest BCUT2D eigenvalue weighted by atomic mass is 35.5. The monoisotopic (exact) mass is 504 g/mol. The van der Waals surface area contributed by atoms with Gasteiger partial charge in [-0.2, -0.15) is 0 Å². The van der Waals surface area contributed by atoms with Gasteiger partial charge in [0.1, 0.15) is 0 Å². The van der Waals surface area contributed by atoms with Gasteiger partial charge in [0.05, 0.1) is 39.1 Å². The zero-order valence-electron chi connectivity index (χ0n) is 19.2. The third-order valence-corrected chi connectivity index (χ3v) is 7.04. The van der Waals surface area contributed by atoms with Gasteiger partial charge in [-0.15, -0.1) is 0 Å². The van der Waals surface area contributed by atoms with E-state index in [1.165, 1.54) is 58.8 Å². The Balaban J connectivity index is 2.07. The maximum atomic E-state index is 13.1. The molecular weight excluding hydrogens is 480 g/mol. The first-order chi connectivity index (χ1) is 16.2. The fraction of sp³-hybridized carbons (Fsp3) is 0.200.